The van der Waals surface area contributed by atoms with Gasteiger partial charge in [0, 0.05) is 12.1 Å². The van der Waals surface area contributed by atoms with Crippen LogP contribution in [0.3, 0.4) is 0 Å². The number of carbonyl (C=O) groups is 1. The number of hydrogen-bond acceptors (Lipinski definition) is 2. The van der Waals surface area contributed by atoms with Crippen LogP contribution in [0.15, 0.2) is 0 Å². The van der Waals surface area contributed by atoms with Gasteiger partial charge in [0.1, 0.15) is 6.61 Å². The average molecular weight is 239 g/mol. The average Bonchev–Trinajstić information content (AvgIpc) is 2.41. The van der Waals surface area contributed by atoms with Crippen molar-refractivity contribution in [2.45, 2.75) is 76.3 Å². The molecule has 1 amide bonds. The maximum absolute atomic E-state index is 12.0. The van der Waals surface area contributed by atoms with Crippen molar-refractivity contribution in [3.05, 3.63) is 0 Å². The first kappa shape index (κ1) is 12.9. The van der Waals surface area contributed by atoms with Crippen molar-refractivity contribution in [3.8, 4) is 0 Å². The van der Waals surface area contributed by atoms with Crippen molar-refractivity contribution in [1.29, 1.82) is 0 Å². The zero-order valence-corrected chi connectivity index (χ0v) is 10.7. The van der Waals surface area contributed by atoms with Gasteiger partial charge in [-0.3, -0.25) is 4.79 Å². The predicted molar refractivity (Wildman–Crippen MR) is 67.7 cm³/mol. The van der Waals surface area contributed by atoms with Crippen LogP contribution >= 0.6 is 0 Å². The number of amides is 1. The molecule has 0 heterocycles. The molecule has 0 aromatic heterocycles. The molecule has 3 heteroatoms. The van der Waals surface area contributed by atoms with Crippen LogP contribution in [0.4, 0.5) is 0 Å². The molecule has 1 N–H and O–H groups in total. The first-order valence-corrected chi connectivity index (χ1v) is 7.25. The molecule has 2 aliphatic rings. The molecule has 0 aromatic rings. The topological polar surface area (TPSA) is 40.5 Å². The summed E-state index contributed by atoms with van der Waals surface area (Å²) in [6, 6.07) is 0.818. The highest BCUT2D eigenvalue weighted by atomic mass is 16.3. The van der Waals surface area contributed by atoms with Crippen molar-refractivity contribution < 1.29 is 9.90 Å². The van der Waals surface area contributed by atoms with Crippen molar-refractivity contribution in [2.75, 3.05) is 6.61 Å². The Morgan fingerprint density at radius 3 is 1.65 bits per heavy atom. The molecule has 2 rings (SSSR count). The van der Waals surface area contributed by atoms with Crippen LogP contribution in [-0.4, -0.2) is 34.6 Å². The maximum atomic E-state index is 12.0. The zero-order valence-electron chi connectivity index (χ0n) is 10.7. The summed E-state index contributed by atoms with van der Waals surface area (Å²) in [5, 5.41) is 9.18. The number of hydrogen-bond donors (Lipinski definition) is 1. The number of aliphatic hydroxyl groups is 1. The minimum absolute atomic E-state index is 0.0381. The SMILES string of the molecule is O=C(CO)N(C1CCCCC1)C1CCCCC1. The van der Waals surface area contributed by atoms with Gasteiger partial charge in [0.15, 0.2) is 0 Å². The van der Waals surface area contributed by atoms with Crippen LogP contribution in [0.2, 0.25) is 0 Å². The van der Waals surface area contributed by atoms with Gasteiger partial charge >= 0.3 is 0 Å². The van der Waals surface area contributed by atoms with Gasteiger partial charge in [0.25, 0.3) is 0 Å². The molecular weight excluding hydrogens is 214 g/mol. The molecule has 0 aliphatic heterocycles. The first-order chi connectivity index (χ1) is 8.33. The van der Waals surface area contributed by atoms with E-state index in [-0.39, 0.29) is 12.5 Å². The Bertz CT molecular complexity index is 225. The fourth-order valence-electron chi connectivity index (χ4n) is 3.51. The third kappa shape index (κ3) is 3.21. The summed E-state index contributed by atoms with van der Waals surface area (Å²) >= 11 is 0. The van der Waals surface area contributed by atoms with Gasteiger partial charge in [-0.15, -0.1) is 0 Å². The fourth-order valence-corrected chi connectivity index (χ4v) is 3.51. The molecule has 0 aromatic carbocycles. The molecule has 98 valence electrons. The summed E-state index contributed by atoms with van der Waals surface area (Å²) < 4.78 is 0. The van der Waals surface area contributed by atoms with E-state index in [1.807, 2.05) is 0 Å². The molecule has 0 saturated heterocycles. The van der Waals surface area contributed by atoms with Gasteiger partial charge in [-0.25, -0.2) is 0 Å². The second kappa shape index (κ2) is 6.39. The number of nitrogens with zero attached hydrogens (tertiary/aromatic N) is 1. The second-order valence-corrected chi connectivity index (χ2v) is 5.54. The molecule has 0 bridgehead atoms. The third-order valence-corrected chi connectivity index (χ3v) is 4.36. The van der Waals surface area contributed by atoms with Gasteiger partial charge in [-0.2, -0.15) is 0 Å². The molecule has 3 nitrogen and oxygen atoms in total. The summed E-state index contributed by atoms with van der Waals surface area (Å²) in [5.74, 6) is -0.0381. The standard InChI is InChI=1S/C14H25NO2/c16-11-14(17)15(12-7-3-1-4-8-12)13-9-5-2-6-10-13/h12-13,16H,1-11H2. The summed E-state index contributed by atoms with van der Waals surface area (Å²) in [6.45, 7) is -0.312. The van der Waals surface area contributed by atoms with E-state index >= 15 is 0 Å². The number of rotatable bonds is 3. The molecule has 2 saturated carbocycles. The zero-order chi connectivity index (χ0) is 12.1. The Kier molecular flexibility index (Phi) is 4.84. The van der Waals surface area contributed by atoms with Gasteiger partial charge in [0.05, 0.1) is 0 Å². The predicted octanol–water partition coefficient (Wildman–Crippen LogP) is 2.47. The van der Waals surface area contributed by atoms with E-state index in [0.29, 0.717) is 12.1 Å². The third-order valence-electron chi connectivity index (χ3n) is 4.36. The van der Waals surface area contributed by atoms with Crippen LogP contribution in [0.1, 0.15) is 64.2 Å². The minimum Gasteiger partial charge on any atom is -0.387 e. The summed E-state index contributed by atoms with van der Waals surface area (Å²) in [6.07, 6.45) is 12.2. The minimum atomic E-state index is -0.312. The van der Waals surface area contributed by atoms with E-state index in [1.165, 1.54) is 38.5 Å². The molecule has 0 spiro atoms. The maximum Gasteiger partial charge on any atom is 0.248 e. The Morgan fingerprint density at radius 2 is 1.29 bits per heavy atom. The monoisotopic (exact) mass is 239 g/mol. The van der Waals surface area contributed by atoms with Crippen LogP contribution in [0, 0.1) is 0 Å². The van der Waals surface area contributed by atoms with Gasteiger partial charge < -0.3 is 10.0 Å². The molecular formula is C14H25NO2. The smallest absolute Gasteiger partial charge is 0.248 e. The van der Waals surface area contributed by atoms with E-state index in [9.17, 15) is 9.90 Å². The highest BCUT2D eigenvalue weighted by molar-refractivity contribution is 5.77. The van der Waals surface area contributed by atoms with E-state index < -0.39 is 0 Å². The first-order valence-electron chi connectivity index (χ1n) is 7.25. The van der Waals surface area contributed by atoms with Gasteiger partial charge in [-0.1, -0.05) is 38.5 Å². The van der Waals surface area contributed by atoms with Crippen LogP contribution in [-0.2, 0) is 4.79 Å². The lowest BCUT2D eigenvalue weighted by Crippen LogP contribution is -2.49. The Morgan fingerprint density at radius 1 is 0.882 bits per heavy atom. The number of aliphatic hydroxyl groups excluding tert-OH is 1. The van der Waals surface area contributed by atoms with Crippen LogP contribution < -0.4 is 0 Å². The Labute approximate surface area is 104 Å². The highest BCUT2D eigenvalue weighted by Crippen LogP contribution is 2.30. The lowest BCUT2D eigenvalue weighted by atomic mass is 9.88. The largest absolute Gasteiger partial charge is 0.387 e. The van der Waals surface area contributed by atoms with Crippen LogP contribution in [0.5, 0.6) is 0 Å². The lowest BCUT2D eigenvalue weighted by molar-refractivity contribution is -0.141. The van der Waals surface area contributed by atoms with Crippen molar-refractivity contribution in [2.24, 2.45) is 0 Å². The molecule has 17 heavy (non-hydrogen) atoms. The summed E-state index contributed by atoms with van der Waals surface area (Å²) in [7, 11) is 0. The Hall–Kier alpha value is -0.570. The Balaban J connectivity index is 2.02. The molecule has 0 radical (unpaired) electrons. The molecule has 2 aliphatic carbocycles. The second-order valence-electron chi connectivity index (χ2n) is 5.54. The fraction of sp³-hybridized carbons (Fsp3) is 0.929. The normalized spacial score (nSPS) is 23.6. The summed E-state index contributed by atoms with van der Waals surface area (Å²) in [4.78, 5) is 14.0. The summed E-state index contributed by atoms with van der Waals surface area (Å²) in [5.41, 5.74) is 0. The molecule has 2 fully saturated rings. The van der Waals surface area contributed by atoms with Crippen molar-refractivity contribution in [1.82, 2.24) is 4.90 Å². The van der Waals surface area contributed by atoms with Crippen LogP contribution in [0.25, 0.3) is 0 Å². The van der Waals surface area contributed by atoms with Crippen molar-refractivity contribution >= 4 is 5.91 Å². The molecule has 0 atom stereocenters. The van der Waals surface area contributed by atoms with E-state index in [0.717, 1.165) is 25.7 Å². The quantitative estimate of drug-likeness (QED) is 0.822. The molecule has 0 unspecified atom stereocenters. The van der Waals surface area contributed by atoms with Gasteiger partial charge in [0.2, 0.25) is 5.91 Å². The highest BCUT2D eigenvalue weighted by Gasteiger charge is 2.31. The van der Waals surface area contributed by atoms with Gasteiger partial charge in [-0.05, 0) is 25.7 Å². The number of carbonyl (C=O) groups excluding carboxylic acids is 1. The lowest BCUT2D eigenvalue weighted by Gasteiger charge is -2.41. The van der Waals surface area contributed by atoms with E-state index in [4.69, 9.17) is 0 Å². The van der Waals surface area contributed by atoms with E-state index in [1.54, 1.807) is 0 Å². The van der Waals surface area contributed by atoms with Crippen molar-refractivity contribution in [3.63, 3.8) is 0 Å². The van der Waals surface area contributed by atoms with E-state index in [2.05, 4.69) is 4.90 Å².